The third-order valence-electron chi connectivity index (χ3n) is 7.57. The Hall–Kier alpha value is -4.80. The Labute approximate surface area is 237 Å². The Balaban J connectivity index is 1.60. The number of Topliss-reactive ketones (excluding diaryl/α,β-unsaturated/α-hetero) is 1. The van der Waals surface area contributed by atoms with Crippen molar-refractivity contribution in [3.8, 4) is 5.75 Å². The van der Waals surface area contributed by atoms with Gasteiger partial charge in [0.15, 0.2) is 5.78 Å². The number of ketones is 1. The number of aromatic nitrogens is 3. The summed E-state index contributed by atoms with van der Waals surface area (Å²) in [5.74, 6) is -0.628. The maximum absolute atomic E-state index is 13.9. The molecule has 212 valence electrons. The van der Waals surface area contributed by atoms with E-state index >= 15 is 0 Å². The maximum Gasteiger partial charge on any atom is 0.317 e. The average molecular weight is 558 g/mol. The Morgan fingerprint density at radius 2 is 2.10 bits per heavy atom. The number of nitro groups is 1. The highest BCUT2D eigenvalue weighted by Gasteiger charge is 2.47. The third-order valence-corrected chi connectivity index (χ3v) is 7.57. The van der Waals surface area contributed by atoms with Crippen molar-refractivity contribution < 1.29 is 24.2 Å². The number of ether oxygens (including phenoxy) is 1. The molecule has 3 heterocycles. The number of benzene rings is 1. The molecule has 5 rings (SSSR count). The molecular formula is C30H33N6O5+. The molecule has 1 aliphatic heterocycles. The summed E-state index contributed by atoms with van der Waals surface area (Å²) in [5, 5.41) is 21.6. The first kappa shape index (κ1) is 27.8. The zero-order valence-electron chi connectivity index (χ0n) is 23.5. The lowest BCUT2D eigenvalue weighted by molar-refractivity contribution is -0.385. The fraction of sp³-hybridized carbons (Fsp3) is 0.333. The topological polar surface area (TPSA) is 143 Å². The van der Waals surface area contributed by atoms with Gasteiger partial charge in [0, 0.05) is 40.9 Å². The zero-order valence-corrected chi connectivity index (χ0v) is 23.5. The number of rotatable bonds is 7. The van der Waals surface area contributed by atoms with Crippen LogP contribution in [0.3, 0.4) is 0 Å². The van der Waals surface area contributed by atoms with Gasteiger partial charge in [0.1, 0.15) is 24.1 Å². The summed E-state index contributed by atoms with van der Waals surface area (Å²) in [5.41, 5.74) is 3.92. The van der Waals surface area contributed by atoms with Crippen LogP contribution in [-0.2, 0) is 16.1 Å². The monoisotopic (exact) mass is 557 g/mol. The van der Waals surface area contributed by atoms with Gasteiger partial charge >= 0.3 is 11.6 Å². The smallest absolute Gasteiger partial charge is 0.317 e. The molecule has 0 fully saturated rings. The van der Waals surface area contributed by atoms with Gasteiger partial charge in [-0.3, -0.25) is 19.6 Å². The van der Waals surface area contributed by atoms with Gasteiger partial charge in [-0.15, -0.1) is 0 Å². The first-order chi connectivity index (χ1) is 19.5. The molecule has 2 atom stereocenters. The van der Waals surface area contributed by atoms with E-state index in [0.717, 1.165) is 16.8 Å². The normalized spacial score (nSPS) is 19.8. The molecule has 2 unspecified atom stereocenters. The van der Waals surface area contributed by atoms with Crippen LogP contribution in [-0.4, -0.2) is 33.5 Å². The van der Waals surface area contributed by atoms with Crippen LogP contribution in [0, 0.1) is 28.4 Å². The van der Waals surface area contributed by atoms with Gasteiger partial charge in [0.25, 0.3) is 5.82 Å². The lowest BCUT2D eigenvalue weighted by atomic mass is 9.66. The molecule has 1 aromatic carbocycles. The molecule has 11 nitrogen and oxygen atoms in total. The highest BCUT2D eigenvalue weighted by atomic mass is 16.6. The molecule has 41 heavy (non-hydrogen) atoms. The van der Waals surface area contributed by atoms with E-state index in [0.29, 0.717) is 41.2 Å². The molecule has 2 aliphatic rings. The van der Waals surface area contributed by atoms with E-state index in [1.54, 1.807) is 19.4 Å². The minimum atomic E-state index is -0.792. The largest absolute Gasteiger partial charge is 0.496 e. The number of pyridine rings is 1. The van der Waals surface area contributed by atoms with Gasteiger partial charge in [0.2, 0.25) is 0 Å². The van der Waals surface area contributed by atoms with Crippen molar-refractivity contribution in [2.24, 2.45) is 11.3 Å². The van der Waals surface area contributed by atoms with Crippen LogP contribution < -0.4 is 20.4 Å². The highest BCUT2D eigenvalue weighted by molar-refractivity contribution is 6.02. The van der Waals surface area contributed by atoms with Crippen molar-refractivity contribution in [1.29, 1.82) is 0 Å². The van der Waals surface area contributed by atoms with E-state index in [-0.39, 0.29) is 29.3 Å². The van der Waals surface area contributed by atoms with Crippen LogP contribution in [0.2, 0.25) is 0 Å². The number of anilines is 1. The number of aromatic amines is 1. The number of methoxy groups -OCH3 is 1. The Kier molecular flexibility index (Phi) is 7.20. The van der Waals surface area contributed by atoms with E-state index in [2.05, 4.69) is 41.1 Å². The van der Waals surface area contributed by atoms with Crippen LogP contribution in [0.1, 0.15) is 49.3 Å². The number of amides is 1. The van der Waals surface area contributed by atoms with Crippen molar-refractivity contribution in [3.63, 3.8) is 0 Å². The second kappa shape index (κ2) is 10.6. The molecule has 1 amide bonds. The first-order valence-corrected chi connectivity index (χ1v) is 13.3. The number of aryl methyl sites for hydroxylation is 1. The number of hydrogen-bond acceptors (Lipinski definition) is 7. The molecule has 3 N–H and O–H groups in total. The Bertz CT molecular complexity index is 1600. The Morgan fingerprint density at radius 3 is 2.78 bits per heavy atom. The molecule has 0 saturated heterocycles. The van der Waals surface area contributed by atoms with Gasteiger partial charge in [-0.2, -0.15) is 5.10 Å². The molecule has 2 aromatic heterocycles. The van der Waals surface area contributed by atoms with Crippen LogP contribution in [0.5, 0.6) is 5.75 Å². The molecule has 3 aromatic rings. The van der Waals surface area contributed by atoms with E-state index in [1.807, 2.05) is 31.2 Å². The number of carbonyl (C=O) groups is 2. The summed E-state index contributed by atoms with van der Waals surface area (Å²) in [6.07, 6.45) is 5.29. The quantitative estimate of drug-likeness (QED) is 0.329. The van der Waals surface area contributed by atoms with Crippen molar-refractivity contribution in [2.75, 3.05) is 12.4 Å². The van der Waals surface area contributed by atoms with Gasteiger partial charge in [-0.1, -0.05) is 26.5 Å². The SMILES string of the molecule is C=C1NC2=C(C(=O)CC(C)(C)C2)C(c2ccc(OC)c(Cn3cc([N+](=O)[O-])cn3)c2)C1C(=O)Nc1cc(C)cc[nH+]1. The van der Waals surface area contributed by atoms with Gasteiger partial charge in [0.05, 0.1) is 24.8 Å². The fourth-order valence-electron chi connectivity index (χ4n) is 5.80. The summed E-state index contributed by atoms with van der Waals surface area (Å²) in [7, 11) is 1.54. The van der Waals surface area contributed by atoms with Crippen LogP contribution in [0.25, 0.3) is 0 Å². The lowest BCUT2D eigenvalue weighted by Crippen LogP contribution is -2.45. The first-order valence-electron chi connectivity index (χ1n) is 13.3. The number of H-pyrrole nitrogens is 1. The molecule has 0 saturated carbocycles. The van der Waals surface area contributed by atoms with Crippen molar-refractivity contribution in [1.82, 2.24) is 15.1 Å². The number of nitrogens with zero attached hydrogens (tertiary/aromatic N) is 3. The molecule has 11 heteroatoms. The second-order valence-corrected chi connectivity index (χ2v) is 11.4. The molecule has 0 radical (unpaired) electrons. The summed E-state index contributed by atoms with van der Waals surface area (Å²) < 4.78 is 7.04. The van der Waals surface area contributed by atoms with E-state index < -0.39 is 16.8 Å². The minimum absolute atomic E-state index is 0.0127. The predicted octanol–water partition coefficient (Wildman–Crippen LogP) is 4.07. The summed E-state index contributed by atoms with van der Waals surface area (Å²) >= 11 is 0. The standard InChI is InChI=1S/C30H32N6O5/c1-17-8-9-31-25(10-17)34-29(38)26-18(2)33-22-12-30(3,4)13-23(37)28(22)27(26)19-6-7-24(41-5)20(11-19)15-35-16-21(14-32-35)36(39)40/h6-11,14,16,26-27,33H,2,12-13,15H2,1,3-5H3,(H,31,34,38)/p+1. The number of carbonyl (C=O) groups excluding carboxylic acids is 2. The third kappa shape index (κ3) is 5.60. The van der Waals surface area contributed by atoms with Crippen LogP contribution in [0.15, 0.2) is 72.5 Å². The average Bonchev–Trinajstić information content (AvgIpc) is 3.36. The van der Waals surface area contributed by atoms with Crippen molar-refractivity contribution in [3.05, 3.63) is 99.3 Å². The second-order valence-electron chi connectivity index (χ2n) is 11.4. The summed E-state index contributed by atoms with van der Waals surface area (Å²) in [4.78, 5) is 41.3. The summed E-state index contributed by atoms with van der Waals surface area (Å²) in [6.45, 7) is 10.5. The molecule has 0 spiro atoms. The number of allylic oxidation sites excluding steroid dienone is 2. The zero-order chi connectivity index (χ0) is 29.5. The van der Waals surface area contributed by atoms with Gasteiger partial charge in [-0.25, -0.2) is 15.1 Å². The highest BCUT2D eigenvalue weighted by Crippen LogP contribution is 2.48. The number of nitrogens with one attached hydrogen (secondary N) is 3. The molecule has 0 bridgehead atoms. The van der Waals surface area contributed by atoms with E-state index in [1.165, 1.54) is 17.1 Å². The van der Waals surface area contributed by atoms with Gasteiger partial charge in [-0.05, 0) is 48.1 Å². The predicted molar refractivity (Wildman–Crippen MR) is 151 cm³/mol. The van der Waals surface area contributed by atoms with Crippen molar-refractivity contribution >= 4 is 23.2 Å². The van der Waals surface area contributed by atoms with Crippen LogP contribution >= 0.6 is 0 Å². The molecule has 1 aliphatic carbocycles. The fourth-order valence-corrected chi connectivity index (χ4v) is 5.80. The Morgan fingerprint density at radius 1 is 1.32 bits per heavy atom. The van der Waals surface area contributed by atoms with E-state index in [4.69, 9.17) is 4.74 Å². The van der Waals surface area contributed by atoms with Crippen LogP contribution in [0.4, 0.5) is 11.5 Å². The number of hydrogen-bond donors (Lipinski definition) is 2. The maximum atomic E-state index is 13.9. The van der Waals surface area contributed by atoms with Crippen molar-refractivity contribution in [2.45, 2.75) is 46.1 Å². The lowest BCUT2D eigenvalue weighted by Gasteiger charge is -2.42. The minimum Gasteiger partial charge on any atom is -0.496 e. The van der Waals surface area contributed by atoms with E-state index in [9.17, 15) is 19.7 Å². The summed E-state index contributed by atoms with van der Waals surface area (Å²) in [6, 6.07) is 9.25. The van der Waals surface area contributed by atoms with Gasteiger partial charge < -0.3 is 10.1 Å². The molecular weight excluding hydrogens is 524 g/mol.